The van der Waals surface area contributed by atoms with Crippen LogP contribution in [0.1, 0.15) is 47.2 Å². The highest BCUT2D eigenvalue weighted by molar-refractivity contribution is 6.24. The molecular weight excluding hydrogens is 727 g/mol. The van der Waals surface area contributed by atoms with Crippen molar-refractivity contribution in [1.29, 1.82) is 0 Å². The van der Waals surface area contributed by atoms with Crippen LogP contribution in [0, 0.1) is 27.7 Å². The van der Waals surface area contributed by atoms with E-state index in [9.17, 15) is 0 Å². The van der Waals surface area contributed by atoms with E-state index in [-0.39, 0.29) is 5.41 Å². The van der Waals surface area contributed by atoms with Gasteiger partial charge in [-0.05, 0) is 111 Å². The fourth-order valence-electron chi connectivity index (χ4n) is 10.1. The Bertz CT molecular complexity index is 3210. The molecule has 0 N–H and O–H groups in total. The zero-order valence-corrected chi connectivity index (χ0v) is 35.1. The first-order valence-electron chi connectivity index (χ1n) is 21.1. The quantitative estimate of drug-likeness (QED) is 0.161. The minimum atomic E-state index is -0.265. The van der Waals surface area contributed by atoms with Crippen molar-refractivity contribution in [2.45, 2.75) is 47.0 Å². The Balaban J connectivity index is 1.27. The summed E-state index contributed by atoms with van der Waals surface area (Å²) in [6, 6.07) is 65.9. The van der Waals surface area contributed by atoms with Gasteiger partial charge in [0.2, 0.25) is 0 Å². The molecule has 0 amide bonds. The van der Waals surface area contributed by atoms with Gasteiger partial charge >= 0.3 is 0 Å². The van der Waals surface area contributed by atoms with Crippen LogP contribution >= 0.6 is 0 Å². The van der Waals surface area contributed by atoms with Crippen molar-refractivity contribution in [3.63, 3.8) is 0 Å². The highest BCUT2D eigenvalue weighted by Gasteiger charge is 2.39. The number of nitrogens with zero attached hydrogens (tertiary/aromatic N) is 3. The summed E-state index contributed by atoms with van der Waals surface area (Å²) in [5.41, 5.74) is 18.0. The number of benzene rings is 9. The van der Waals surface area contributed by atoms with Crippen molar-refractivity contribution >= 4 is 77.5 Å². The van der Waals surface area contributed by atoms with E-state index in [1.807, 2.05) is 0 Å². The van der Waals surface area contributed by atoms with Gasteiger partial charge in [0.1, 0.15) is 0 Å². The van der Waals surface area contributed by atoms with E-state index in [0.29, 0.717) is 0 Å². The maximum Gasteiger partial charge on any atom is 0.0620 e. The monoisotopic (exact) mass is 773 g/mol. The molecule has 0 aliphatic carbocycles. The molecule has 1 aliphatic rings. The summed E-state index contributed by atoms with van der Waals surface area (Å²) in [5, 5.41) is 7.33. The largest absolute Gasteiger partial charge is 0.309 e. The SMILES string of the molecule is Cc1ccc(N(c2ccc(C)cc2)c2c3ccccc3c(N3c4ccccc4C(C)(C)c4cc5c6ccccc6n(-c6cc(C)cc(C)c6)c5cc43)c3ccccc23)cc1. The van der Waals surface area contributed by atoms with Crippen molar-refractivity contribution < 1.29 is 0 Å². The first-order chi connectivity index (χ1) is 29.2. The van der Waals surface area contributed by atoms with Crippen LogP contribution in [0.5, 0.6) is 0 Å². The molecule has 0 atom stereocenters. The van der Waals surface area contributed by atoms with Crippen molar-refractivity contribution in [3.05, 3.63) is 209 Å². The lowest BCUT2D eigenvalue weighted by Gasteiger charge is -2.43. The maximum atomic E-state index is 2.59. The van der Waals surface area contributed by atoms with Gasteiger partial charge in [0.25, 0.3) is 0 Å². The third kappa shape index (κ3) is 5.42. The van der Waals surface area contributed by atoms with Gasteiger partial charge in [-0.1, -0.05) is 140 Å². The lowest BCUT2D eigenvalue weighted by Crippen LogP contribution is -2.31. The number of aryl methyl sites for hydroxylation is 4. The molecule has 3 nitrogen and oxygen atoms in total. The van der Waals surface area contributed by atoms with Crippen LogP contribution in [0.15, 0.2) is 176 Å². The van der Waals surface area contributed by atoms with E-state index in [2.05, 4.69) is 232 Å². The summed E-state index contributed by atoms with van der Waals surface area (Å²) in [6.45, 7) is 13.5. The van der Waals surface area contributed by atoms with E-state index in [4.69, 9.17) is 0 Å². The molecule has 2 heterocycles. The maximum absolute atomic E-state index is 2.59. The van der Waals surface area contributed by atoms with Crippen LogP contribution in [0.2, 0.25) is 0 Å². The van der Waals surface area contributed by atoms with E-state index >= 15 is 0 Å². The number of aromatic nitrogens is 1. The second-order valence-electron chi connectivity index (χ2n) is 17.4. The first kappa shape index (κ1) is 36.0. The van der Waals surface area contributed by atoms with Crippen LogP contribution in [0.25, 0.3) is 49.0 Å². The molecule has 1 aromatic heterocycles. The van der Waals surface area contributed by atoms with Crippen molar-refractivity contribution in [3.8, 4) is 5.69 Å². The Kier molecular flexibility index (Phi) is 8.09. The Morgan fingerprint density at radius 1 is 0.400 bits per heavy atom. The molecule has 0 fully saturated rings. The van der Waals surface area contributed by atoms with Crippen LogP contribution in [-0.4, -0.2) is 4.57 Å². The topological polar surface area (TPSA) is 11.4 Å². The zero-order chi connectivity index (χ0) is 40.9. The standard InChI is InChI=1S/C57H47N3/c1-36-23-27-40(28-24-36)58(41-29-25-37(2)26-30-41)55-44-16-7-9-18-46(44)56(47-19-10-8-17-45(47)55)60-52-22-14-12-20-49(52)57(5,6)50-34-48-43-15-11-13-21-51(43)59(53(48)35-54(50)60)42-32-38(3)31-39(4)33-42/h7-35H,1-6H3. The average molecular weight is 774 g/mol. The number of para-hydroxylation sites is 2. The van der Waals surface area contributed by atoms with Crippen LogP contribution in [0.4, 0.5) is 34.1 Å². The number of rotatable bonds is 5. The second-order valence-corrected chi connectivity index (χ2v) is 17.4. The molecule has 60 heavy (non-hydrogen) atoms. The third-order valence-electron chi connectivity index (χ3n) is 12.9. The van der Waals surface area contributed by atoms with Gasteiger partial charge in [-0.15, -0.1) is 0 Å². The molecule has 290 valence electrons. The normalized spacial score (nSPS) is 13.3. The predicted molar refractivity (Wildman–Crippen MR) is 256 cm³/mol. The number of hydrogen-bond acceptors (Lipinski definition) is 2. The molecule has 1 aliphatic heterocycles. The molecule has 11 rings (SSSR count). The van der Waals surface area contributed by atoms with Gasteiger partial charge in [0.15, 0.2) is 0 Å². The minimum Gasteiger partial charge on any atom is -0.309 e. The van der Waals surface area contributed by atoms with Crippen molar-refractivity contribution in [2.75, 3.05) is 9.80 Å². The lowest BCUT2D eigenvalue weighted by molar-refractivity contribution is 0.633. The summed E-state index contributed by atoms with van der Waals surface area (Å²) in [7, 11) is 0. The molecule has 0 bridgehead atoms. The zero-order valence-electron chi connectivity index (χ0n) is 35.1. The van der Waals surface area contributed by atoms with Gasteiger partial charge < -0.3 is 14.4 Å². The number of fused-ring (bicyclic) bond motifs is 7. The highest BCUT2D eigenvalue weighted by Crippen LogP contribution is 2.57. The molecule has 0 saturated carbocycles. The lowest BCUT2D eigenvalue weighted by atomic mass is 9.73. The Morgan fingerprint density at radius 2 is 0.917 bits per heavy atom. The summed E-state index contributed by atoms with van der Waals surface area (Å²) >= 11 is 0. The Labute approximate surface area is 352 Å². The summed E-state index contributed by atoms with van der Waals surface area (Å²) in [5.74, 6) is 0. The van der Waals surface area contributed by atoms with E-state index in [1.54, 1.807) is 0 Å². The van der Waals surface area contributed by atoms with Crippen LogP contribution in [-0.2, 0) is 5.41 Å². The summed E-state index contributed by atoms with van der Waals surface area (Å²) in [4.78, 5) is 5.05. The van der Waals surface area contributed by atoms with Gasteiger partial charge in [-0.2, -0.15) is 0 Å². The van der Waals surface area contributed by atoms with Crippen LogP contribution < -0.4 is 9.80 Å². The van der Waals surface area contributed by atoms with Gasteiger partial charge in [-0.25, -0.2) is 0 Å². The minimum absolute atomic E-state index is 0.265. The van der Waals surface area contributed by atoms with Crippen molar-refractivity contribution in [2.24, 2.45) is 0 Å². The fraction of sp³-hybridized carbons (Fsp3) is 0.123. The van der Waals surface area contributed by atoms with Gasteiger partial charge in [0.05, 0.1) is 33.8 Å². The molecule has 0 radical (unpaired) electrons. The second kappa shape index (κ2) is 13.5. The van der Waals surface area contributed by atoms with Gasteiger partial charge in [-0.3, -0.25) is 0 Å². The van der Waals surface area contributed by atoms with Crippen LogP contribution in [0.3, 0.4) is 0 Å². The van der Waals surface area contributed by atoms with Gasteiger partial charge in [0, 0.05) is 54.8 Å². The molecular formula is C57H47N3. The van der Waals surface area contributed by atoms with E-state index in [1.165, 1.54) is 105 Å². The molecule has 10 aromatic rings. The summed E-state index contributed by atoms with van der Waals surface area (Å²) in [6.07, 6.45) is 0. The molecule has 0 spiro atoms. The highest BCUT2D eigenvalue weighted by atomic mass is 15.2. The first-order valence-corrected chi connectivity index (χ1v) is 21.1. The van der Waals surface area contributed by atoms with E-state index in [0.717, 1.165) is 11.4 Å². The molecule has 0 unspecified atom stereocenters. The van der Waals surface area contributed by atoms with Crippen molar-refractivity contribution in [1.82, 2.24) is 4.57 Å². The Hall–Kier alpha value is -7.10. The predicted octanol–water partition coefficient (Wildman–Crippen LogP) is 15.9. The number of hydrogen-bond donors (Lipinski definition) is 0. The van der Waals surface area contributed by atoms with E-state index < -0.39 is 0 Å². The summed E-state index contributed by atoms with van der Waals surface area (Å²) < 4.78 is 2.48. The fourth-order valence-corrected chi connectivity index (χ4v) is 10.1. The third-order valence-corrected chi connectivity index (χ3v) is 12.9. The molecule has 0 saturated heterocycles. The number of anilines is 6. The smallest absolute Gasteiger partial charge is 0.0620 e. The molecule has 9 aromatic carbocycles. The Morgan fingerprint density at radius 3 is 1.52 bits per heavy atom. The molecule has 3 heteroatoms. The average Bonchev–Trinajstić information content (AvgIpc) is 3.58.